The molecule has 9 heteroatoms. The van der Waals surface area contributed by atoms with Crippen LogP contribution in [0.2, 0.25) is 0 Å². The lowest BCUT2D eigenvalue weighted by atomic mass is 9.94. The Morgan fingerprint density at radius 2 is 2.33 bits per heavy atom. The fraction of sp³-hybridized carbons (Fsp3) is 0.583. The van der Waals surface area contributed by atoms with Crippen molar-refractivity contribution in [2.24, 2.45) is 0 Å². The summed E-state index contributed by atoms with van der Waals surface area (Å²) < 4.78 is 20.9. The average molecular weight is 298 g/mol. The predicted octanol–water partition coefficient (Wildman–Crippen LogP) is -1.41. The molecule has 1 fully saturated rings. The monoisotopic (exact) mass is 298 g/mol. The molecular formula is C12H15FN4O4. The van der Waals surface area contributed by atoms with Crippen LogP contribution in [0.5, 0.6) is 0 Å². The SMILES string of the molecule is CC#CC1(F)C(O)[C@@H]([C@@H](C)O)O[C@H]1n1ncc(N)nc1=O. The Hall–Kier alpha value is -2.02. The summed E-state index contributed by atoms with van der Waals surface area (Å²) in [6.45, 7) is 2.70. The minimum absolute atomic E-state index is 0.132. The van der Waals surface area contributed by atoms with E-state index in [4.69, 9.17) is 10.5 Å². The van der Waals surface area contributed by atoms with Crippen LogP contribution in [0.25, 0.3) is 0 Å². The van der Waals surface area contributed by atoms with E-state index >= 15 is 4.39 Å². The normalized spacial score (nSPS) is 33.3. The van der Waals surface area contributed by atoms with Crippen LogP contribution in [0, 0.1) is 11.8 Å². The van der Waals surface area contributed by atoms with Crippen molar-refractivity contribution in [3.05, 3.63) is 16.7 Å². The van der Waals surface area contributed by atoms with Gasteiger partial charge in [-0.15, -0.1) is 5.92 Å². The van der Waals surface area contributed by atoms with Crippen LogP contribution >= 0.6 is 0 Å². The molecule has 1 aliphatic heterocycles. The van der Waals surface area contributed by atoms with Gasteiger partial charge in [0, 0.05) is 0 Å². The summed E-state index contributed by atoms with van der Waals surface area (Å²) >= 11 is 0. The van der Waals surface area contributed by atoms with Gasteiger partial charge in [-0.05, 0) is 13.8 Å². The second kappa shape index (κ2) is 5.40. The van der Waals surface area contributed by atoms with Crippen LogP contribution in [-0.2, 0) is 4.74 Å². The van der Waals surface area contributed by atoms with Crippen molar-refractivity contribution in [2.45, 2.75) is 44.1 Å². The van der Waals surface area contributed by atoms with Gasteiger partial charge in [-0.2, -0.15) is 14.8 Å². The Morgan fingerprint density at radius 3 is 2.86 bits per heavy atom. The van der Waals surface area contributed by atoms with Gasteiger partial charge in [-0.1, -0.05) is 5.92 Å². The average Bonchev–Trinajstić information content (AvgIpc) is 2.64. The third kappa shape index (κ3) is 2.49. The lowest BCUT2D eigenvalue weighted by molar-refractivity contribution is -0.0849. The molecule has 21 heavy (non-hydrogen) atoms. The first-order chi connectivity index (χ1) is 9.81. The third-order valence-corrected chi connectivity index (χ3v) is 3.14. The molecule has 0 amide bonds. The lowest BCUT2D eigenvalue weighted by Gasteiger charge is -2.23. The fourth-order valence-corrected chi connectivity index (χ4v) is 2.17. The minimum Gasteiger partial charge on any atom is -0.391 e. The molecule has 2 unspecified atom stereocenters. The maximum Gasteiger partial charge on any atom is 0.368 e. The topological polar surface area (TPSA) is 123 Å². The van der Waals surface area contributed by atoms with Crippen molar-refractivity contribution in [3.8, 4) is 11.8 Å². The second-order valence-electron chi connectivity index (χ2n) is 4.69. The molecule has 0 aromatic carbocycles. The molecule has 0 bridgehead atoms. The van der Waals surface area contributed by atoms with Crippen molar-refractivity contribution >= 4 is 5.82 Å². The van der Waals surface area contributed by atoms with Crippen LogP contribution < -0.4 is 11.4 Å². The number of ether oxygens (including phenoxy) is 1. The van der Waals surface area contributed by atoms with Gasteiger partial charge < -0.3 is 20.7 Å². The third-order valence-electron chi connectivity index (χ3n) is 3.14. The zero-order chi connectivity index (χ0) is 15.8. The minimum atomic E-state index is -2.61. The molecule has 0 aliphatic carbocycles. The van der Waals surface area contributed by atoms with Gasteiger partial charge in [0.1, 0.15) is 18.0 Å². The number of anilines is 1. The highest BCUT2D eigenvalue weighted by atomic mass is 19.1. The molecule has 5 atom stereocenters. The number of nitrogens with two attached hydrogens (primary N) is 1. The van der Waals surface area contributed by atoms with E-state index in [2.05, 4.69) is 21.9 Å². The fourth-order valence-electron chi connectivity index (χ4n) is 2.17. The second-order valence-corrected chi connectivity index (χ2v) is 4.69. The predicted molar refractivity (Wildman–Crippen MR) is 69.6 cm³/mol. The van der Waals surface area contributed by atoms with Crippen LogP contribution in [0.4, 0.5) is 10.2 Å². The van der Waals surface area contributed by atoms with E-state index < -0.39 is 35.9 Å². The smallest absolute Gasteiger partial charge is 0.368 e. The maximum atomic E-state index is 15.0. The Labute approximate surface area is 119 Å². The number of hydrogen-bond acceptors (Lipinski definition) is 7. The number of nitrogen functional groups attached to an aromatic ring is 1. The molecule has 1 aromatic rings. The quantitative estimate of drug-likeness (QED) is 0.573. The molecule has 0 radical (unpaired) electrons. The number of aliphatic hydroxyl groups excluding tert-OH is 2. The van der Waals surface area contributed by atoms with E-state index in [-0.39, 0.29) is 5.82 Å². The molecule has 0 saturated carbocycles. The Morgan fingerprint density at radius 1 is 1.67 bits per heavy atom. The van der Waals surface area contributed by atoms with Crippen LogP contribution in [-0.4, -0.2) is 49.0 Å². The number of nitrogens with zero attached hydrogens (tertiary/aromatic N) is 3. The van der Waals surface area contributed by atoms with Crippen LogP contribution in [0.15, 0.2) is 11.0 Å². The summed E-state index contributed by atoms with van der Waals surface area (Å²) in [5.74, 6) is 4.39. The molecule has 2 rings (SSSR count). The van der Waals surface area contributed by atoms with Gasteiger partial charge in [-0.3, -0.25) is 0 Å². The van der Waals surface area contributed by atoms with Crippen LogP contribution in [0.3, 0.4) is 0 Å². The van der Waals surface area contributed by atoms with Crippen molar-refractivity contribution < 1.29 is 19.3 Å². The summed E-state index contributed by atoms with van der Waals surface area (Å²) in [4.78, 5) is 15.2. The Bertz CT molecular complexity index is 653. The zero-order valence-corrected chi connectivity index (χ0v) is 11.4. The first-order valence-corrected chi connectivity index (χ1v) is 6.17. The summed E-state index contributed by atoms with van der Waals surface area (Å²) in [6.07, 6.45) is -4.77. The van der Waals surface area contributed by atoms with E-state index in [0.717, 1.165) is 6.20 Å². The summed E-state index contributed by atoms with van der Waals surface area (Å²) in [7, 11) is 0. The molecule has 0 spiro atoms. The highest BCUT2D eigenvalue weighted by Crippen LogP contribution is 2.41. The molecule has 8 nitrogen and oxygen atoms in total. The number of aromatic nitrogens is 3. The van der Waals surface area contributed by atoms with Crippen molar-refractivity contribution in [3.63, 3.8) is 0 Å². The van der Waals surface area contributed by atoms with E-state index in [1.807, 2.05) is 0 Å². The van der Waals surface area contributed by atoms with Gasteiger partial charge in [-0.25, -0.2) is 9.18 Å². The number of alkyl halides is 1. The van der Waals surface area contributed by atoms with Crippen molar-refractivity contribution in [1.29, 1.82) is 0 Å². The number of rotatable bonds is 2. The highest BCUT2D eigenvalue weighted by molar-refractivity contribution is 5.24. The van der Waals surface area contributed by atoms with Gasteiger partial charge >= 0.3 is 5.69 Å². The summed E-state index contributed by atoms with van der Waals surface area (Å²) in [6, 6.07) is 0. The van der Waals surface area contributed by atoms with E-state index in [0.29, 0.717) is 4.68 Å². The standard InChI is InChI=1S/C12H15FN4O4/c1-3-4-12(13)9(19)8(6(2)18)21-10(12)17-11(20)16-7(14)5-15-17/h5-6,8-10,18-19H,1-2H3,(H2,14,16,20)/t6-,8-,9?,10-,12?/m1/s1. The maximum absolute atomic E-state index is 15.0. The van der Waals surface area contributed by atoms with E-state index in [1.54, 1.807) is 0 Å². The largest absolute Gasteiger partial charge is 0.391 e. The summed E-state index contributed by atoms with van der Waals surface area (Å²) in [5.41, 5.74) is 1.76. The van der Waals surface area contributed by atoms with Gasteiger partial charge in [0.05, 0.1) is 12.3 Å². The number of hydrogen-bond donors (Lipinski definition) is 3. The first kappa shape index (κ1) is 15.4. The molecule has 1 saturated heterocycles. The van der Waals surface area contributed by atoms with Crippen molar-refractivity contribution in [2.75, 3.05) is 5.73 Å². The molecule has 1 aliphatic rings. The Kier molecular flexibility index (Phi) is 3.95. The van der Waals surface area contributed by atoms with E-state index in [9.17, 15) is 15.0 Å². The van der Waals surface area contributed by atoms with Crippen molar-refractivity contribution in [1.82, 2.24) is 14.8 Å². The molecule has 2 heterocycles. The first-order valence-electron chi connectivity index (χ1n) is 6.17. The number of aliphatic hydroxyl groups is 2. The molecule has 4 N–H and O–H groups in total. The molecule has 114 valence electrons. The molecule has 1 aromatic heterocycles. The van der Waals surface area contributed by atoms with Gasteiger partial charge in [0.25, 0.3) is 0 Å². The van der Waals surface area contributed by atoms with Crippen LogP contribution in [0.1, 0.15) is 20.1 Å². The summed E-state index contributed by atoms with van der Waals surface area (Å²) in [5, 5.41) is 23.3. The Balaban J connectivity index is 2.54. The zero-order valence-electron chi connectivity index (χ0n) is 11.4. The lowest BCUT2D eigenvalue weighted by Crippen LogP contribution is -2.46. The van der Waals surface area contributed by atoms with Gasteiger partial charge in [0.2, 0.25) is 11.9 Å². The molecular weight excluding hydrogens is 283 g/mol. The van der Waals surface area contributed by atoms with Gasteiger partial charge in [0.15, 0.2) is 0 Å². The highest BCUT2D eigenvalue weighted by Gasteiger charge is 2.59. The van der Waals surface area contributed by atoms with E-state index in [1.165, 1.54) is 13.8 Å². The number of halogens is 1.